The topological polar surface area (TPSA) is 36.1 Å². The molecule has 0 aromatic rings. The van der Waals surface area contributed by atoms with Gasteiger partial charge in [0.25, 0.3) is 0 Å². The van der Waals surface area contributed by atoms with Crippen molar-refractivity contribution in [3.8, 4) is 0 Å². The third-order valence-corrected chi connectivity index (χ3v) is 7.32. The summed E-state index contributed by atoms with van der Waals surface area (Å²) in [5, 5.41) is 11.4. The highest BCUT2D eigenvalue weighted by Crippen LogP contribution is 2.30. The first-order valence-electron chi connectivity index (χ1n) is 10.8. The molecule has 1 unspecified atom stereocenters. The summed E-state index contributed by atoms with van der Waals surface area (Å²) in [6.07, 6.45) is 8.95. The lowest BCUT2D eigenvalue weighted by atomic mass is 9.98. The van der Waals surface area contributed by atoms with Gasteiger partial charge in [0.05, 0.1) is 10.8 Å². The van der Waals surface area contributed by atoms with Crippen LogP contribution in [-0.4, -0.2) is 28.6 Å². The molecule has 2 aliphatic carbocycles. The molecule has 2 rings (SSSR count). The van der Waals surface area contributed by atoms with Gasteiger partial charge in [-0.05, 0) is 43.6 Å². The molecule has 3 N–H and O–H groups in total. The van der Waals surface area contributed by atoms with E-state index in [0.717, 1.165) is 39.9 Å². The summed E-state index contributed by atoms with van der Waals surface area (Å²) in [7, 11) is 3.82. The third-order valence-electron chi connectivity index (χ3n) is 5.66. The minimum absolute atomic E-state index is 0.206. The zero-order valence-electron chi connectivity index (χ0n) is 18.1. The molecular weight excluding hydrogens is 381 g/mol. The molecule has 28 heavy (non-hydrogen) atoms. The van der Waals surface area contributed by atoms with E-state index in [2.05, 4.69) is 65.3 Å². The molecule has 0 aliphatic heterocycles. The fourth-order valence-electron chi connectivity index (χ4n) is 3.49. The summed E-state index contributed by atoms with van der Waals surface area (Å²) in [5.41, 5.74) is 3.26. The molecule has 2 atom stereocenters. The van der Waals surface area contributed by atoms with E-state index in [9.17, 15) is 0 Å². The van der Waals surface area contributed by atoms with Crippen molar-refractivity contribution < 1.29 is 0 Å². The first kappa shape index (κ1) is 23.6. The van der Waals surface area contributed by atoms with Crippen LogP contribution in [0, 0.1) is 11.8 Å². The van der Waals surface area contributed by atoms with Gasteiger partial charge in [0, 0.05) is 35.1 Å². The van der Waals surface area contributed by atoms with Crippen molar-refractivity contribution in [2.24, 2.45) is 11.8 Å². The Morgan fingerprint density at radius 3 is 2.25 bits per heavy atom. The molecule has 0 spiro atoms. The van der Waals surface area contributed by atoms with Crippen molar-refractivity contribution in [2.75, 3.05) is 6.54 Å². The molecule has 2 aliphatic rings. The van der Waals surface area contributed by atoms with E-state index in [0.29, 0.717) is 12.0 Å². The van der Waals surface area contributed by atoms with Crippen LogP contribution in [-0.2, 0) is 0 Å². The monoisotopic (exact) mass is 421 g/mol. The normalized spacial score (nSPS) is 19.3. The highest BCUT2D eigenvalue weighted by Gasteiger charge is 2.24. The molecule has 3 nitrogen and oxygen atoms in total. The molecule has 2 fully saturated rings. The van der Waals surface area contributed by atoms with E-state index in [1.54, 1.807) is 0 Å². The van der Waals surface area contributed by atoms with Gasteiger partial charge in [0.1, 0.15) is 0 Å². The van der Waals surface area contributed by atoms with Crippen molar-refractivity contribution >= 4 is 25.4 Å². The van der Waals surface area contributed by atoms with Gasteiger partial charge < -0.3 is 10.6 Å². The molecular formula is C23H40N3PS. The Hall–Kier alpha value is -0.700. The van der Waals surface area contributed by atoms with E-state index >= 15 is 0 Å². The molecule has 0 radical (unpaired) electrons. The summed E-state index contributed by atoms with van der Waals surface area (Å²) in [6.45, 7) is 20.2. The van der Waals surface area contributed by atoms with Gasteiger partial charge in [-0.25, -0.2) is 0 Å². The first-order valence-corrected chi connectivity index (χ1v) is 12.2. The second kappa shape index (κ2) is 11.5. The average molecular weight is 422 g/mol. The Morgan fingerprint density at radius 2 is 1.68 bits per heavy atom. The van der Waals surface area contributed by atoms with Gasteiger partial charge in [0.15, 0.2) is 0 Å². The second-order valence-corrected chi connectivity index (χ2v) is 11.1. The summed E-state index contributed by atoms with van der Waals surface area (Å²) in [4.78, 5) is 0. The average Bonchev–Trinajstić information content (AvgIpc) is 3.30. The van der Waals surface area contributed by atoms with Crippen molar-refractivity contribution in [3.63, 3.8) is 0 Å². The predicted octanol–water partition coefficient (Wildman–Crippen LogP) is 5.46. The van der Waals surface area contributed by atoms with Crippen molar-refractivity contribution in [1.82, 2.24) is 16.0 Å². The zero-order valence-corrected chi connectivity index (χ0v) is 19.9. The molecule has 2 saturated carbocycles. The van der Waals surface area contributed by atoms with Gasteiger partial charge in [0.2, 0.25) is 0 Å². The lowest BCUT2D eigenvalue weighted by molar-refractivity contribution is 0.490. The van der Waals surface area contributed by atoms with Crippen molar-refractivity contribution in [1.29, 1.82) is 0 Å². The quantitative estimate of drug-likeness (QED) is 0.257. The zero-order chi connectivity index (χ0) is 20.7. The van der Waals surface area contributed by atoms with E-state index in [4.69, 9.17) is 0 Å². The number of rotatable bonds is 14. The van der Waals surface area contributed by atoms with E-state index in [1.807, 2.05) is 11.8 Å². The highest BCUT2D eigenvalue weighted by atomic mass is 32.2. The van der Waals surface area contributed by atoms with Gasteiger partial charge in [-0.2, -0.15) is 0 Å². The first-order chi connectivity index (χ1) is 13.3. The largest absolute Gasteiger partial charge is 0.386 e. The van der Waals surface area contributed by atoms with Crippen LogP contribution < -0.4 is 16.0 Å². The molecule has 0 aromatic heterocycles. The van der Waals surface area contributed by atoms with Crippen molar-refractivity contribution in [3.05, 3.63) is 36.7 Å². The van der Waals surface area contributed by atoms with Crippen LogP contribution in [0.2, 0.25) is 0 Å². The van der Waals surface area contributed by atoms with Crippen LogP contribution in [0.5, 0.6) is 0 Å². The van der Waals surface area contributed by atoms with Crippen LogP contribution in [0.1, 0.15) is 65.7 Å². The summed E-state index contributed by atoms with van der Waals surface area (Å²) >= 11 is 1.94. The lowest BCUT2D eigenvalue weighted by Crippen LogP contribution is -2.40. The van der Waals surface area contributed by atoms with Gasteiger partial charge >= 0.3 is 0 Å². The summed E-state index contributed by atoms with van der Waals surface area (Å²) in [6, 6.07) is 0.840. The molecule has 158 valence electrons. The fraction of sp³-hybridized carbons (Fsp3) is 0.696. The number of thioether (sulfide) groups is 1. The van der Waals surface area contributed by atoms with Gasteiger partial charge in [-0.15, -0.1) is 11.8 Å². The Balaban J connectivity index is 1.80. The van der Waals surface area contributed by atoms with Crippen LogP contribution in [0.3, 0.4) is 0 Å². The maximum absolute atomic E-state index is 4.33. The fourth-order valence-corrected chi connectivity index (χ4v) is 5.28. The van der Waals surface area contributed by atoms with Crippen molar-refractivity contribution in [2.45, 2.75) is 83.1 Å². The third kappa shape index (κ3) is 8.35. The molecule has 0 amide bonds. The molecule has 0 heterocycles. The van der Waals surface area contributed by atoms with E-state index in [-0.39, 0.29) is 12.0 Å². The number of hydrogen-bond acceptors (Lipinski definition) is 3. The molecule has 0 bridgehead atoms. The standard InChI is InChI=1S/C23H40N3PS/c1-15(2)13-22(26-23(27)28-21-9-7-8-10-21)19(6)24-14-16(3)17(4)18(5)25-20-11-12-20/h15,17,20-22,24-27H,3,5-14H2,1-2,4H3/t17?,22-/m0/s1. The van der Waals surface area contributed by atoms with E-state index in [1.165, 1.54) is 38.5 Å². The Kier molecular flexibility index (Phi) is 9.66. The minimum Gasteiger partial charge on any atom is -0.386 e. The van der Waals surface area contributed by atoms with Crippen LogP contribution in [0.25, 0.3) is 0 Å². The Bertz CT molecular complexity index is 576. The number of nitrogens with one attached hydrogen (secondary N) is 3. The SMILES string of the molecule is C=C(CNC(=C)[C@H](CC(C)C)NC(=P)SC1CCCC1)C(C)C(=C)NC1CC1. The van der Waals surface area contributed by atoms with Gasteiger partial charge in [-0.1, -0.05) is 62.2 Å². The lowest BCUT2D eigenvalue weighted by Gasteiger charge is -2.27. The maximum atomic E-state index is 4.33. The summed E-state index contributed by atoms with van der Waals surface area (Å²) in [5.74, 6) is 0.852. The van der Waals surface area contributed by atoms with Crippen LogP contribution >= 0.6 is 20.6 Å². The van der Waals surface area contributed by atoms with Gasteiger partial charge in [-0.3, -0.25) is 5.32 Å². The minimum atomic E-state index is 0.206. The Morgan fingerprint density at radius 1 is 1.04 bits per heavy atom. The van der Waals surface area contributed by atoms with Crippen LogP contribution in [0.4, 0.5) is 0 Å². The Labute approximate surface area is 179 Å². The predicted molar refractivity (Wildman–Crippen MR) is 130 cm³/mol. The molecule has 0 saturated heterocycles. The molecule has 5 heteroatoms. The smallest absolute Gasteiger partial charge is 0.0691 e. The molecule has 0 aromatic carbocycles. The second-order valence-electron chi connectivity index (χ2n) is 8.88. The number of allylic oxidation sites excluding steroid dienone is 1. The summed E-state index contributed by atoms with van der Waals surface area (Å²) < 4.78 is 1.13. The highest BCUT2D eigenvalue weighted by molar-refractivity contribution is 8.17. The van der Waals surface area contributed by atoms with E-state index < -0.39 is 0 Å². The maximum Gasteiger partial charge on any atom is 0.0691 e. The number of hydrogen-bond donors (Lipinski definition) is 3. The van der Waals surface area contributed by atoms with Crippen LogP contribution in [0.15, 0.2) is 36.7 Å².